The molecular weight excluding hydrogens is 462 g/mol. The van der Waals surface area contributed by atoms with Crippen LogP contribution in [0.5, 0.6) is 0 Å². The first-order valence-electron chi connectivity index (χ1n) is 12.7. The Hall–Kier alpha value is -2.42. The van der Waals surface area contributed by atoms with Gasteiger partial charge in [-0.25, -0.2) is 8.42 Å². The molecule has 0 radical (unpaired) electrons. The van der Waals surface area contributed by atoms with Crippen molar-refractivity contribution < 1.29 is 17.9 Å². The van der Waals surface area contributed by atoms with E-state index in [4.69, 9.17) is 4.74 Å². The number of hydrogen-bond acceptors (Lipinski definition) is 5. The van der Waals surface area contributed by atoms with Crippen molar-refractivity contribution in [3.05, 3.63) is 59.7 Å². The number of para-hydroxylation sites is 1. The van der Waals surface area contributed by atoms with Crippen molar-refractivity contribution in [1.29, 1.82) is 0 Å². The predicted molar refractivity (Wildman–Crippen MR) is 136 cm³/mol. The average molecular weight is 498 g/mol. The van der Waals surface area contributed by atoms with Crippen LogP contribution in [-0.2, 0) is 21.2 Å². The first kappa shape index (κ1) is 24.3. The highest BCUT2D eigenvalue weighted by molar-refractivity contribution is 7.92. The molecule has 1 atom stereocenters. The third kappa shape index (κ3) is 4.71. The highest BCUT2D eigenvalue weighted by atomic mass is 32.2. The van der Waals surface area contributed by atoms with E-state index >= 15 is 0 Å². The fourth-order valence-electron chi connectivity index (χ4n) is 6.01. The number of fused-ring (bicyclic) bond motifs is 1. The number of carbonyl (C=O) groups is 1. The standard InChI is InChI=1S/C27H35N3O4S/c1-21-18-22-8-3-4-11-25(22)30(21)35(32,33)24-10-7-9-23(19-24)26(31)28-20-27(12-5-2-6-13-27)29-14-16-34-17-15-29/h3-4,7-11,19,21H,2,5-6,12-18,20H2,1H3,(H,28,31)/t21-/m1/s1. The van der Waals surface area contributed by atoms with Gasteiger partial charge in [0.2, 0.25) is 0 Å². The normalized spacial score (nSPS) is 22.5. The molecule has 1 N–H and O–H groups in total. The molecule has 8 heteroatoms. The maximum atomic E-state index is 13.6. The van der Waals surface area contributed by atoms with Crippen LogP contribution in [0.2, 0.25) is 0 Å². The molecule has 0 unspecified atom stereocenters. The zero-order chi connectivity index (χ0) is 24.5. The Bertz CT molecular complexity index is 1170. The molecule has 1 saturated carbocycles. The van der Waals surface area contributed by atoms with Crippen LogP contribution in [0.15, 0.2) is 53.4 Å². The van der Waals surface area contributed by atoms with Gasteiger partial charge in [-0.2, -0.15) is 0 Å². The summed E-state index contributed by atoms with van der Waals surface area (Å²) in [5.41, 5.74) is 2.08. The monoisotopic (exact) mass is 497 g/mol. The molecule has 1 aliphatic carbocycles. The number of rotatable bonds is 6. The fraction of sp³-hybridized carbons (Fsp3) is 0.519. The van der Waals surface area contributed by atoms with Gasteiger partial charge in [-0.3, -0.25) is 14.0 Å². The zero-order valence-electron chi connectivity index (χ0n) is 20.4. The predicted octanol–water partition coefficient (Wildman–Crippen LogP) is 3.59. The quantitative estimate of drug-likeness (QED) is 0.660. The van der Waals surface area contributed by atoms with Crippen molar-refractivity contribution in [3.63, 3.8) is 0 Å². The molecular formula is C27H35N3O4S. The van der Waals surface area contributed by atoms with Gasteiger partial charge in [-0.15, -0.1) is 0 Å². The Balaban J connectivity index is 1.34. The minimum Gasteiger partial charge on any atom is -0.379 e. The summed E-state index contributed by atoms with van der Waals surface area (Å²) in [6.45, 7) is 5.72. The van der Waals surface area contributed by atoms with Gasteiger partial charge in [0.25, 0.3) is 15.9 Å². The largest absolute Gasteiger partial charge is 0.379 e. The number of nitrogens with zero attached hydrogens (tertiary/aromatic N) is 2. The van der Waals surface area contributed by atoms with E-state index in [1.165, 1.54) is 16.8 Å². The summed E-state index contributed by atoms with van der Waals surface area (Å²) in [5, 5.41) is 3.15. The highest BCUT2D eigenvalue weighted by Crippen LogP contribution is 2.37. The van der Waals surface area contributed by atoms with Crippen molar-refractivity contribution in [1.82, 2.24) is 10.2 Å². The van der Waals surface area contributed by atoms with E-state index in [0.29, 0.717) is 18.5 Å². The maximum Gasteiger partial charge on any atom is 0.264 e. The van der Waals surface area contributed by atoms with E-state index in [2.05, 4.69) is 10.2 Å². The van der Waals surface area contributed by atoms with Crippen LogP contribution in [0, 0.1) is 0 Å². The summed E-state index contributed by atoms with van der Waals surface area (Å²) < 4.78 is 34.3. The Morgan fingerprint density at radius 1 is 1.06 bits per heavy atom. The molecule has 0 bridgehead atoms. The third-order valence-corrected chi connectivity index (χ3v) is 9.77. The summed E-state index contributed by atoms with van der Waals surface area (Å²) in [4.78, 5) is 15.8. The molecule has 188 valence electrons. The second kappa shape index (κ2) is 9.91. The number of nitrogens with one attached hydrogen (secondary N) is 1. The van der Waals surface area contributed by atoms with Crippen LogP contribution in [0.4, 0.5) is 5.69 Å². The van der Waals surface area contributed by atoms with Gasteiger partial charge in [-0.1, -0.05) is 43.5 Å². The van der Waals surface area contributed by atoms with E-state index in [-0.39, 0.29) is 22.4 Å². The van der Waals surface area contributed by atoms with Gasteiger partial charge in [0.15, 0.2) is 0 Å². The number of anilines is 1. The minimum atomic E-state index is -3.79. The summed E-state index contributed by atoms with van der Waals surface area (Å²) in [6, 6.07) is 13.9. The second-order valence-corrected chi connectivity index (χ2v) is 11.9. The molecule has 1 amide bonds. The number of morpholine rings is 1. The fourth-order valence-corrected chi connectivity index (χ4v) is 7.75. The minimum absolute atomic E-state index is 0.0456. The SMILES string of the molecule is C[C@@H]1Cc2ccccc2N1S(=O)(=O)c1cccc(C(=O)NCC2(N3CCOCC3)CCCCC2)c1. The smallest absolute Gasteiger partial charge is 0.264 e. The molecule has 2 aromatic carbocycles. The van der Waals surface area contributed by atoms with Gasteiger partial charge in [0.05, 0.1) is 23.8 Å². The first-order valence-corrected chi connectivity index (χ1v) is 14.2. The van der Waals surface area contributed by atoms with Crippen LogP contribution in [0.1, 0.15) is 54.9 Å². The number of hydrogen-bond donors (Lipinski definition) is 1. The topological polar surface area (TPSA) is 79.0 Å². The molecule has 2 fully saturated rings. The van der Waals surface area contributed by atoms with E-state index in [1.54, 1.807) is 18.2 Å². The molecule has 35 heavy (non-hydrogen) atoms. The number of ether oxygens (including phenoxy) is 1. The molecule has 3 aliphatic rings. The van der Waals surface area contributed by atoms with Crippen molar-refractivity contribution in [3.8, 4) is 0 Å². The van der Waals surface area contributed by atoms with Crippen molar-refractivity contribution >= 4 is 21.6 Å². The summed E-state index contributed by atoms with van der Waals surface area (Å²) in [5.74, 6) is -0.227. The summed E-state index contributed by atoms with van der Waals surface area (Å²) >= 11 is 0. The summed E-state index contributed by atoms with van der Waals surface area (Å²) in [6.07, 6.45) is 6.37. The van der Waals surface area contributed by atoms with Crippen LogP contribution in [0.3, 0.4) is 0 Å². The molecule has 1 saturated heterocycles. The Kier molecular flexibility index (Phi) is 6.88. The second-order valence-electron chi connectivity index (χ2n) is 10.1. The number of benzene rings is 2. The van der Waals surface area contributed by atoms with E-state index in [9.17, 15) is 13.2 Å². The van der Waals surface area contributed by atoms with E-state index < -0.39 is 10.0 Å². The van der Waals surface area contributed by atoms with Gasteiger partial charge in [0, 0.05) is 36.8 Å². The molecule has 2 aliphatic heterocycles. The maximum absolute atomic E-state index is 13.6. The highest BCUT2D eigenvalue weighted by Gasteiger charge is 2.39. The van der Waals surface area contributed by atoms with Gasteiger partial charge in [-0.05, 0) is 56.0 Å². The average Bonchev–Trinajstić information content (AvgIpc) is 3.25. The lowest BCUT2D eigenvalue weighted by Crippen LogP contribution is -2.59. The number of sulfonamides is 1. The molecule has 7 nitrogen and oxygen atoms in total. The van der Waals surface area contributed by atoms with Crippen LogP contribution in [0.25, 0.3) is 0 Å². The zero-order valence-corrected chi connectivity index (χ0v) is 21.2. The third-order valence-electron chi connectivity index (χ3n) is 7.84. The first-order chi connectivity index (χ1) is 16.9. The molecule has 0 spiro atoms. The lowest BCUT2D eigenvalue weighted by atomic mass is 9.79. The molecule has 5 rings (SSSR count). The Morgan fingerprint density at radius 3 is 2.57 bits per heavy atom. The van der Waals surface area contributed by atoms with Gasteiger partial charge < -0.3 is 10.1 Å². The number of carbonyl (C=O) groups excluding carboxylic acids is 1. The van der Waals surface area contributed by atoms with Gasteiger partial charge >= 0.3 is 0 Å². The van der Waals surface area contributed by atoms with Crippen molar-refractivity contribution in [2.45, 2.75) is 61.9 Å². The van der Waals surface area contributed by atoms with E-state index in [0.717, 1.165) is 63.2 Å². The van der Waals surface area contributed by atoms with Crippen LogP contribution < -0.4 is 9.62 Å². The van der Waals surface area contributed by atoms with Crippen molar-refractivity contribution in [2.24, 2.45) is 0 Å². The van der Waals surface area contributed by atoms with Crippen LogP contribution >= 0.6 is 0 Å². The number of amides is 1. The van der Waals surface area contributed by atoms with Gasteiger partial charge in [0.1, 0.15) is 0 Å². The molecule has 2 aromatic rings. The molecule has 0 aromatic heterocycles. The lowest BCUT2D eigenvalue weighted by Gasteiger charge is -2.48. The Morgan fingerprint density at radius 2 is 1.80 bits per heavy atom. The van der Waals surface area contributed by atoms with E-state index in [1.807, 2.05) is 31.2 Å². The lowest BCUT2D eigenvalue weighted by molar-refractivity contribution is -0.0361. The Labute approximate surface area is 208 Å². The summed E-state index contributed by atoms with van der Waals surface area (Å²) in [7, 11) is -3.79. The molecule has 2 heterocycles. The van der Waals surface area contributed by atoms with Crippen LogP contribution in [-0.4, -0.2) is 63.7 Å². The van der Waals surface area contributed by atoms with Crippen molar-refractivity contribution in [2.75, 3.05) is 37.2 Å².